The molecule has 2 aromatic rings. The molecule has 0 unspecified atom stereocenters. The van der Waals surface area contributed by atoms with Crippen LogP contribution in [0.3, 0.4) is 0 Å². The molecule has 24 heavy (non-hydrogen) atoms. The van der Waals surface area contributed by atoms with Crippen molar-refractivity contribution in [3.8, 4) is 0 Å². The summed E-state index contributed by atoms with van der Waals surface area (Å²) >= 11 is 0. The fourth-order valence-electron chi connectivity index (χ4n) is 3.98. The molecular weight excluding hydrogens is 302 g/mol. The molecule has 0 atom stereocenters. The molecule has 2 fully saturated rings. The molecule has 6 nitrogen and oxygen atoms in total. The van der Waals surface area contributed by atoms with Gasteiger partial charge >= 0.3 is 6.03 Å². The Kier molecular flexibility index (Phi) is 4.36. The number of piperidine rings is 1. The molecule has 6 heteroatoms. The van der Waals surface area contributed by atoms with Crippen LogP contribution in [0, 0.1) is 0 Å². The standard InChI is InChI=1S/C18H25N5O/c24-18(19-14-6-2-1-3-7-14)22-12-10-15(11-13-22)23-17-9-5-4-8-16(17)20-21-23/h4-5,8-9,14-15H,1-3,6-7,10-13H2,(H,19,24). The van der Waals surface area contributed by atoms with Crippen molar-refractivity contribution in [2.45, 2.75) is 57.0 Å². The Morgan fingerprint density at radius 2 is 1.79 bits per heavy atom. The van der Waals surface area contributed by atoms with E-state index in [1.54, 1.807) is 0 Å². The highest BCUT2D eigenvalue weighted by Gasteiger charge is 2.27. The number of urea groups is 1. The third-order valence-corrected chi connectivity index (χ3v) is 5.41. The van der Waals surface area contributed by atoms with E-state index in [9.17, 15) is 4.79 Å². The average Bonchev–Trinajstić information content (AvgIpc) is 3.07. The number of nitrogens with zero attached hydrogens (tertiary/aromatic N) is 4. The molecule has 1 aliphatic carbocycles. The molecule has 0 spiro atoms. The number of rotatable bonds is 2. The number of nitrogens with one attached hydrogen (secondary N) is 1. The maximum Gasteiger partial charge on any atom is 0.317 e. The fourth-order valence-corrected chi connectivity index (χ4v) is 3.98. The highest BCUT2D eigenvalue weighted by Crippen LogP contribution is 2.25. The molecule has 0 bridgehead atoms. The second kappa shape index (κ2) is 6.79. The first-order valence-corrected chi connectivity index (χ1v) is 9.16. The van der Waals surface area contributed by atoms with Crippen LogP contribution in [0.25, 0.3) is 11.0 Å². The van der Waals surface area contributed by atoms with E-state index in [-0.39, 0.29) is 6.03 Å². The zero-order valence-electron chi connectivity index (χ0n) is 14.0. The first kappa shape index (κ1) is 15.4. The van der Waals surface area contributed by atoms with E-state index >= 15 is 0 Å². The van der Waals surface area contributed by atoms with Crippen LogP contribution in [0.15, 0.2) is 24.3 Å². The predicted molar refractivity (Wildman–Crippen MR) is 92.8 cm³/mol. The van der Waals surface area contributed by atoms with E-state index in [0.29, 0.717) is 12.1 Å². The van der Waals surface area contributed by atoms with Crippen LogP contribution in [0.5, 0.6) is 0 Å². The van der Waals surface area contributed by atoms with Crippen molar-refractivity contribution < 1.29 is 4.79 Å². The highest BCUT2D eigenvalue weighted by molar-refractivity contribution is 5.75. The van der Waals surface area contributed by atoms with Gasteiger partial charge in [-0.2, -0.15) is 0 Å². The lowest BCUT2D eigenvalue weighted by molar-refractivity contribution is 0.163. The molecule has 1 saturated carbocycles. The van der Waals surface area contributed by atoms with Crippen LogP contribution < -0.4 is 5.32 Å². The first-order chi connectivity index (χ1) is 11.8. The summed E-state index contributed by atoms with van der Waals surface area (Å²) in [7, 11) is 0. The Morgan fingerprint density at radius 3 is 2.58 bits per heavy atom. The lowest BCUT2D eigenvalue weighted by Gasteiger charge is -2.34. The Morgan fingerprint density at radius 1 is 1.04 bits per heavy atom. The van der Waals surface area contributed by atoms with Crippen molar-refractivity contribution in [2.24, 2.45) is 0 Å². The number of hydrogen-bond acceptors (Lipinski definition) is 3. The van der Waals surface area contributed by atoms with E-state index in [2.05, 4.69) is 21.7 Å². The van der Waals surface area contributed by atoms with E-state index in [0.717, 1.165) is 49.8 Å². The van der Waals surface area contributed by atoms with E-state index < -0.39 is 0 Å². The van der Waals surface area contributed by atoms with Gasteiger partial charge in [0.1, 0.15) is 5.52 Å². The molecule has 0 radical (unpaired) electrons. The van der Waals surface area contributed by atoms with Crippen LogP contribution in [-0.4, -0.2) is 45.1 Å². The molecule has 1 saturated heterocycles. The highest BCUT2D eigenvalue weighted by atomic mass is 16.2. The minimum atomic E-state index is 0.115. The molecule has 2 aliphatic rings. The van der Waals surface area contributed by atoms with Gasteiger partial charge in [0.15, 0.2) is 0 Å². The van der Waals surface area contributed by atoms with Gasteiger partial charge in [-0.3, -0.25) is 0 Å². The summed E-state index contributed by atoms with van der Waals surface area (Å²) < 4.78 is 2.03. The number of fused-ring (bicyclic) bond motifs is 1. The lowest BCUT2D eigenvalue weighted by Crippen LogP contribution is -2.48. The summed E-state index contributed by atoms with van der Waals surface area (Å²) in [4.78, 5) is 14.4. The quantitative estimate of drug-likeness (QED) is 0.922. The molecule has 4 rings (SSSR count). The average molecular weight is 327 g/mol. The van der Waals surface area contributed by atoms with Crippen molar-refractivity contribution in [3.05, 3.63) is 24.3 Å². The minimum absolute atomic E-state index is 0.115. The number of benzene rings is 1. The zero-order chi connectivity index (χ0) is 16.4. The Balaban J connectivity index is 1.35. The van der Waals surface area contributed by atoms with E-state index in [1.165, 1.54) is 19.3 Å². The van der Waals surface area contributed by atoms with E-state index in [1.807, 2.05) is 27.8 Å². The fraction of sp³-hybridized carbons (Fsp3) is 0.611. The summed E-state index contributed by atoms with van der Waals surface area (Å²) in [6.07, 6.45) is 7.93. The third-order valence-electron chi connectivity index (χ3n) is 5.41. The van der Waals surface area contributed by atoms with Crippen LogP contribution in [-0.2, 0) is 0 Å². The number of carbonyl (C=O) groups is 1. The summed E-state index contributed by atoms with van der Waals surface area (Å²) in [6, 6.07) is 8.89. The Hall–Kier alpha value is -2.11. The van der Waals surface area contributed by atoms with Gasteiger partial charge in [0, 0.05) is 19.1 Å². The maximum atomic E-state index is 12.5. The zero-order valence-corrected chi connectivity index (χ0v) is 14.0. The van der Waals surface area contributed by atoms with Gasteiger partial charge in [0.25, 0.3) is 0 Å². The van der Waals surface area contributed by atoms with Crippen molar-refractivity contribution in [3.63, 3.8) is 0 Å². The summed E-state index contributed by atoms with van der Waals surface area (Å²) in [5.74, 6) is 0. The van der Waals surface area contributed by atoms with Crippen molar-refractivity contribution in [2.75, 3.05) is 13.1 Å². The first-order valence-electron chi connectivity index (χ1n) is 9.16. The Bertz CT molecular complexity index is 698. The SMILES string of the molecule is O=C(NC1CCCCC1)N1CCC(n2nnc3ccccc32)CC1. The molecule has 2 amide bonds. The largest absolute Gasteiger partial charge is 0.335 e. The second-order valence-corrected chi connectivity index (χ2v) is 7.03. The molecule has 1 aromatic heterocycles. The molecule has 1 aromatic carbocycles. The molecule has 1 N–H and O–H groups in total. The van der Waals surface area contributed by atoms with Gasteiger partial charge < -0.3 is 10.2 Å². The van der Waals surface area contributed by atoms with Gasteiger partial charge in [-0.05, 0) is 37.8 Å². The second-order valence-electron chi connectivity index (χ2n) is 7.03. The molecular formula is C18H25N5O. The predicted octanol–water partition coefficient (Wildman–Crippen LogP) is 3.11. The van der Waals surface area contributed by atoms with Gasteiger partial charge in [-0.25, -0.2) is 9.48 Å². The summed E-state index contributed by atoms with van der Waals surface area (Å²) in [5.41, 5.74) is 2.03. The minimum Gasteiger partial charge on any atom is -0.335 e. The number of amides is 2. The number of aromatic nitrogens is 3. The molecule has 128 valence electrons. The number of para-hydroxylation sites is 1. The number of carbonyl (C=O) groups excluding carboxylic acids is 1. The third kappa shape index (κ3) is 3.09. The van der Waals surface area contributed by atoms with Gasteiger partial charge in [0.2, 0.25) is 0 Å². The van der Waals surface area contributed by atoms with Gasteiger partial charge in [-0.15, -0.1) is 5.10 Å². The van der Waals surface area contributed by atoms with Crippen LogP contribution >= 0.6 is 0 Å². The topological polar surface area (TPSA) is 63.1 Å². The van der Waals surface area contributed by atoms with Gasteiger partial charge in [0.05, 0.1) is 11.6 Å². The van der Waals surface area contributed by atoms with Crippen molar-refractivity contribution in [1.29, 1.82) is 0 Å². The van der Waals surface area contributed by atoms with Crippen LogP contribution in [0.1, 0.15) is 51.0 Å². The van der Waals surface area contributed by atoms with Gasteiger partial charge in [-0.1, -0.05) is 36.6 Å². The number of likely N-dealkylation sites (tertiary alicyclic amines) is 1. The van der Waals surface area contributed by atoms with Crippen molar-refractivity contribution in [1.82, 2.24) is 25.2 Å². The van der Waals surface area contributed by atoms with Crippen LogP contribution in [0.2, 0.25) is 0 Å². The maximum absolute atomic E-state index is 12.5. The smallest absolute Gasteiger partial charge is 0.317 e. The normalized spacial score (nSPS) is 20.4. The Labute approximate surface area is 142 Å². The monoisotopic (exact) mass is 327 g/mol. The van der Waals surface area contributed by atoms with Crippen LogP contribution in [0.4, 0.5) is 4.79 Å². The lowest BCUT2D eigenvalue weighted by atomic mass is 9.95. The summed E-state index contributed by atoms with van der Waals surface area (Å²) in [6.45, 7) is 1.58. The summed E-state index contributed by atoms with van der Waals surface area (Å²) in [5, 5.41) is 11.8. The van der Waals surface area contributed by atoms with Crippen molar-refractivity contribution >= 4 is 17.1 Å². The molecule has 1 aliphatic heterocycles. The molecule has 2 heterocycles. The van der Waals surface area contributed by atoms with E-state index in [4.69, 9.17) is 0 Å². The number of hydrogen-bond donors (Lipinski definition) is 1.